The number of nitrogens with zero attached hydrogens (tertiary/aromatic N) is 1. The van der Waals surface area contributed by atoms with E-state index in [0.29, 0.717) is 31.8 Å². The summed E-state index contributed by atoms with van der Waals surface area (Å²) in [7, 11) is 0. The predicted molar refractivity (Wildman–Crippen MR) is 120 cm³/mol. The molecule has 13 heteroatoms. The zero-order chi connectivity index (χ0) is 22.9. The number of amides is 2. The quantitative estimate of drug-likeness (QED) is 0.0756. The zero-order valence-electron chi connectivity index (χ0n) is 17.3. The summed E-state index contributed by atoms with van der Waals surface area (Å²) in [4.78, 5) is 24.6. The summed E-state index contributed by atoms with van der Waals surface area (Å²) < 4.78 is 24.4. The second-order valence-electron chi connectivity index (χ2n) is 7.02. The van der Waals surface area contributed by atoms with Gasteiger partial charge in [0.05, 0.1) is 13.0 Å². The first-order chi connectivity index (χ1) is 14.7. The van der Waals surface area contributed by atoms with Crippen LogP contribution in [0.25, 0.3) is 0 Å². The van der Waals surface area contributed by atoms with Crippen LogP contribution < -0.4 is 32.9 Å². The lowest BCUT2D eigenvalue weighted by Crippen LogP contribution is -2.47. The van der Waals surface area contributed by atoms with E-state index in [2.05, 4.69) is 10.4 Å². The molecular weight excluding hydrogens is 443 g/mol. The molecule has 1 aliphatic rings. The zero-order valence-corrected chi connectivity index (χ0v) is 19.0. The number of hydrazone groups is 1. The van der Waals surface area contributed by atoms with Gasteiger partial charge in [-0.15, -0.1) is 0 Å². The second kappa shape index (κ2) is 11.4. The molecule has 0 radical (unpaired) electrons. The Morgan fingerprint density at radius 2 is 1.90 bits per heavy atom. The summed E-state index contributed by atoms with van der Waals surface area (Å²) in [6.45, 7) is 2.89. The van der Waals surface area contributed by atoms with E-state index in [9.17, 15) is 14.2 Å². The Balaban J connectivity index is 1.86. The predicted octanol–water partition coefficient (Wildman–Crippen LogP) is 0.342. The molecule has 0 saturated carbocycles. The van der Waals surface area contributed by atoms with Crippen molar-refractivity contribution in [2.45, 2.75) is 29.3 Å². The molecule has 1 atom stereocenters. The fourth-order valence-corrected chi connectivity index (χ4v) is 8.30. The van der Waals surface area contributed by atoms with Gasteiger partial charge in [0.2, 0.25) is 11.8 Å². The molecule has 1 aliphatic heterocycles. The topological polar surface area (TPSA) is 184 Å². The molecule has 2 rings (SSSR count). The minimum atomic E-state index is -3.00. The molecule has 0 aliphatic carbocycles. The van der Waals surface area contributed by atoms with Gasteiger partial charge in [0.25, 0.3) is 0 Å². The third-order valence-electron chi connectivity index (χ3n) is 4.90. The molecule has 0 bridgehead atoms. The smallest absolute Gasteiger partial charge is 0.232 e. The molecule has 1 aromatic carbocycles. The number of nitrogens with one attached hydrogen (secondary N) is 2. The van der Waals surface area contributed by atoms with E-state index in [1.54, 1.807) is 30.9 Å². The van der Waals surface area contributed by atoms with Gasteiger partial charge in [-0.25, -0.2) is 11.4 Å². The average Bonchev–Trinajstić information content (AvgIpc) is 2.72. The molecule has 1 fully saturated rings. The van der Waals surface area contributed by atoms with E-state index < -0.39 is 17.4 Å². The first-order valence-corrected chi connectivity index (χ1v) is 13.2. The molecule has 8 N–H and O–H groups in total. The Kier molecular flexibility index (Phi) is 9.17. The van der Waals surface area contributed by atoms with Crippen LogP contribution in [0, 0.1) is 0 Å². The van der Waals surface area contributed by atoms with Crippen molar-refractivity contribution in [2.24, 2.45) is 22.4 Å². The van der Waals surface area contributed by atoms with Gasteiger partial charge in [-0.2, -0.15) is 5.10 Å². The fourth-order valence-electron chi connectivity index (χ4n) is 3.16. The molecule has 31 heavy (non-hydrogen) atoms. The standard InChI is InChI=1S/C18H29N6O5PS/c1-30(27,18(17(20)26)6-9-28-10-7-18)31-14-4-2-13(3-5-14)29-11-8-22-16(25)12-15(19)23-24-21/h2-5,24H,6-12,21H2,1H3,(H2,19,23)(H2,20,26)(H,22,25). The van der Waals surface area contributed by atoms with Crippen molar-refractivity contribution >= 4 is 35.4 Å². The first-order valence-electron chi connectivity index (χ1n) is 9.62. The molecule has 1 saturated heterocycles. The molecule has 11 nitrogen and oxygen atoms in total. The van der Waals surface area contributed by atoms with Crippen molar-refractivity contribution in [3.8, 4) is 5.75 Å². The van der Waals surface area contributed by atoms with Crippen LogP contribution in [0.3, 0.4) is 0 Å². The van der Waals surface area contributed by atoms with Crippen LogP contribution in [-0.2, 0) is 18.9 Å². The lowest BCUT2D eigenvalue weighted by Gasteiger charge is -2.38. The highest BCUT2D eigenvalue weighted by Gasteiger charge is 2.51. The maximum absolute atomic E-state index is 13.5. The monoisotopic (exact) mass is 472 g/mol. The minimum Gasteiger partial charge on any atom is -0.492 e. The summed E-state index contributed by atoms with van der Waals surface area (Å²) in [5, 5.41) is 5.08. The highest BCUT2D eigenvalue weighted by Crippen LogP contribution is 2.70. The van der Waals surface area contributed by atoms with Gasteiger partial charge in [0, 0.05) is 18.1 Å². The molecule has 1 aromatic rings. The van der Waals surface area contributed by atoms with Crippen molar-refractivity contribution < 1.29 is 23.6 Å². The Bertz CT molecular complexity index is 844. The Hall–Kier alpha value is -2.27. The van der Waals surface area contributed by atoms with Gasteiger partial charge in [0.1, 0.15) is 23.3 Å². The second-order valence-corrected chi connectivity index (χ2v) is 12.9. The summed E-state index contributed by atoms with van der Waals surface area (Å²) in [6.07, 6.45) is -2.37. The van der Waals surface area contributed by atoms with E-state index in [1.165, 1.54) is 11.4 Å². The number of carbonyl (C=O) groups is 2. The maximum Gasteiger partial charge on any atom is 0.232 e. The maximum atomic E-state index is 13.5. The number of carbonyl (C=O) groups excluding carboxylic acids is 2. The number of hydrogen-bond donors (Lipinski definition) is 5. The molecule has 172 valence electrons. The number of hydrazine groups is 1. The number of amidine groups is 1. The third kappa shape index (κ3) is 6.86. The molecular formula is C18H29N6O5PS. The number of benzene rings is 1. The van der Waals surface area contributed by atoms with Crippen molar-refractivity contribution in [3.63, 3.8) is 0 Å². The van der Waals surface area contributed by atoms with Gasteiger partial charge in [-0.3, -0.25) is 9.59 Å². The Labute approximate surface area is 184 Å². The number of primary amides is 1. The number of rotatable bonds is 11. The van der Waals surface area contributed by atoms with Crippen molar-refractivity contribution in [1.29, 1.82) is 0 Å². The van der Waals surface area contributed by atoms with Crippen LogP contribution in [0.2, 0.25) is 0 Å². The third-order valence-corrected chi connectivity index (χ3v) is 10.7. The number of ether oxygens (including phenoxy) is 2. The van der Waals surface area contributed by atoms with Crippen LogP contribution in [0.5, 0.6) is 5.75 Å². The summed E-state index contributed by atoms with van der Waals surface area (Å²) in [5.74, 6) is 4.80. The highest BCUT2D eigenvalue weighted by molar-refractivity contribution is 8.58. The molecule has 1 unspecified atom stereocenters. The largest absolute Gasteiger partial charge is 0.492 e. The van der Waals surface area contributed by atoms with Crippen molar-refractivity contribution in [3.05, 3.63) is 24.3 Å². The number of nitrogens with two attached hydrogens (primary N) is 3. The normalized spacial score (nSPS) is 17.9. The summed E-state index contributed by atoms with van der Waals surface area (Å²) >= 11 is 1.18. The van der Waals surface area contributed by atoms with E-state index >= 15 is 0 Å². The molecule has 0 aromatic heterocycles. The highest BCUT2D eigenvalue weighted by atomic mass is 32.7. The van der Waals surface area contributed by atoms with Crippen LogP contribution in [0.15, 0.2) is 34.3 Å². The van der Waals surface area contributed by atoms with Gasteiger partial charge >= 0.3 is 0 Å². The Morgan fingerprint density at radius 3 is 2.48 bits per heavy atom. The van der Waals surface area contributed by atoms with E-state index in [1.807, 2.05) is 5.53 Å². The summed E-state index contributed by atoms with van der Waals surface area (Å²) in [5.41, 5.74) is 13.1. The fraction of sp³-hybridized carbons (Fsp3) is 0.500. The Morgan fingerprint density at radius 1 is 1.26 bits per heavy atom. The first kappa shape index (κ1) is 25.0. The van der Waals surface area contributed by atoms with E-state index in [4.69, 9.17) is 26.8 Å². The molecule has 1 heterocycles. The molecule has 2 amide bonds. The lowest BCUT2D eigenvalue weighted by atomic mass is 9.98. The van der Waals surface area contributed by atoms with Crippen LogP contribution in [0.4, 0.5) is 0 Å². The van der Waals surface area contributed by atoms with Crippen molar-refractivity contribution in [2.75, 3.05) is 33.0 Å². The van der Waals surface area contributed by atoms with Crippen LogP contribution >= 0.6 is 17.7 Å². The van der Waals surface area contributed by atoms with Gasteiger partial charge in [0.15, 0.2) is 6.34 Å². The van der Waals surface area contributed by atoms with Crippen LogP contribution in [-0.4, -0.2) is 55.8 Å². The molecule has 0 spiro atoms. The summed E-state index contributed by atoms with van der Waals surface area (Å²) in [6, 6.07) is 7.03. The van der Waals surface area contributed by atoms with Gasteiger partial charge in [-0.05, 0) is 43.8 Å². The van der Waals surface area contributed by atoms with Crippen molar-refractivity contribution in [1.82, 2.24) is 10.9 Å². The van der Waals surface area contributed by atoms with Gasteiger partial charge in [-0.1, -0.05) is 11.4 Å². The van der Waals surface area contributed by atoms with E-state index in [0.717, 1.165) is 4.90 Å². The average molecular weight is 473 g/mol. The van der Waals surface area contributed by atoms with Crippen LogP contribution in [0.1, 0.15) is 19.3 Å². The number of hydrogen-bond acceptors (Lipinski definition) is 9. The van der Waals surface area contributed by atoms with E-state index in [-0.39, 0.29) is 31.3 Å². The minimum absolute atomic E-state index is 0.0705. The van der Waals surface area contributed by atoms with Gasteiger partial charge < -0.3 is 30.8 Å². The lowest BCUT2D eigenvalue weighted by molar-refractivity contribution is -0.123. The SMILES string of the molecule is CP(=O)(Sc1ccc(OCCNC(=O)C/C(N)=N/NN)cc1)C1(C(N)=O)CCOCC1.